The van der Waals surface area contributed by atoms with Gasteiger partial charge in [0.25, 0.3) is 0 Å². The number of piperidine rings is 1. The van der Waals surface area contributed by atoms with Crippen LogP contribution in [0.2, 0.25) is 0 Å². The summed E-state index contributed by atoms with van der Waals surface area (Å²) >= 11 is 0. The monoisotopic (exact) mass is 508 g/mol. The number of nitrogens with one attached hydrogen (secondary N) is 3. The minimum Gasteiger partial charge on any atom is -0.371 e. The molecule has 0 aromatic carbocycles. The van der Waals surface area contributed by atoms with Gasteiger partial charge in [0, 0.05) is 58.6 Å². The van der Waals surface area contributed by atoms with Crippen LogP contribution in [0.15, 0.2) is 79.8 Å². The molecule has 6 heteroatoms. The molecule has 3 aromatic heterocycles. The number of rotatable bonds is 10. The maximum absolute atomic E-state index is 4.66. The van der Waals surface area contributed by atoms with Crippen molar-refractivity contribution in [2.75, 3.05) is 13.1 Å². The molecule has 0 amide bonds. The number of likely N-dealkylation sites (tertiary alicyclic amines) is 1. The van der Waals surface area contributed by atoms with Crippen molar-refractivity contribution in [3.63, 3.8) is 0 Å². The predicted octanol–water partition coefficient (Wildman–Crippen LogP) is 7.51. The average molecular weight is 509 g/mol. The van der Waals surface area contributed by atoms with Gasteiger partial charge in [-0.1, -0.05) is 45.7 Å². The van der Waals surface area contributed by atoms with Crippen LogP contribution in [0, 0.1) is 12.8 Å². The third kappa shape index (κ3) is 5.75. The Balaban J connectivity index is 1.71. The molecule has 1 aliphatic heterocycles. The van der Waals surface area contributed by atoms with E-state index < -0.39 is 0 Å². The van der Waals surface area contributed by atoms with Gasteiger partial charge < -0.3 is 15.2 Å². The number of fused-ring (bicyclic) bond motifs is 1. The molecule has 4 rings (SSSR count). The zero-order valence-electron chi connectivity index (χ0n) is 23.2. The Kier molecular flexibility index (Phi) is 8.52. The molecule has 0 aliphatic carbocycles. The van der Waals surface area contributed by atoms with E-state index in [-0.39, 0.29) is 0 Å². The van der Waals surface area contributed by atoms with Crippen molar-refractivity contribution < 1.29 is 0 Å². The predicted molar refractivity (Wildman–Crippen MR) is 161 cm³/mol. The molecular weight excluding hydrogens is 468 g/mol. The number of H-pyrrole nitrogens is 2. The van der Waals surface area contributed by atoms with Gasteiger partial charge in [-0.15, -0.1) is 0 Å². The number of hydrogen-bond donors (Lipinski definition) is 3. The van der Waals surface area contributed by atoms with Gasteiger partial charge in [-0.25, -0.2) is 4.98 Å². The Morgan fingerprint density at radius 2 is 1.92 bits per heavy atom. The largest absolute Gasteiger partial charge is 0.371 e. The molecule has 1 fully saturated rings. The number of nitrogens with zero attached hydrogens (tertiary/aromatic N) is 3. The second-order valence-corrected chi connectivity index (χ2v) is 10.1. The highest BCUT2D eigenvalue weighted by Gasteiger charge is 2.20. The van der Waals surface area contributed by atoms with Crippen LogP contribution in [0.3, 0.4) is 0 Å². The number of hydrogen-bond acceptors (Lipinski definition) is 4. The number of pyridine rings is 1. The molecule has 198 valence electrons. The zero-order valence-corrected chi connectivity index (χ0v) is 23.2. The molecule has 3 aromatic rings. The van der Waals surface area contributed by atoms with E-state index in [1.807, 2.05) is 25.3 Å². The van der Waals surface area contributed by atoms with Crippen molar-refractivity contribution in [2.45, 2.75) is 47.0 Å². The van der Waals surface area contributed by atoms with Crippen LogP contribution < -0.4 is 5.32 Å². The van der Waals surface area contributed by atoms with Crippen LogP contribution in [0.4, 0.5) is 0 Å². The van der Waals surface area contributed by atoms with Crippen molar-refractivity contribution in [3.8, 4) is 11.4 Å². The third-order valence-corrected chi connectivity index (χ3v) is 7.12. The first-order chi connectivity index (χ1) is 18.4. The highest BCUT2D eigenvalue weighted by Crippen LogP contribution is 2.33. The number of allylic oxidation sites excluding steroid dienone is 7. The lowest BCUT2D eigenvalue weighted by Gasteiger charge is -2.31. The Morgan fingerprint density at radius 1 is 1.16 bits per heavy atom. The summed E-state index contributed by atoms with van der Waals surface area (Å²) in [5.74, 6) is 0.324. The van der Waals surface area contributed by atoms with Gasteiger partial charge in [-0.3, -0.25) is 5.10 Å². The van der Waals surface area contributed by atoms with Gasteiger partial charge in [0.15, 0.2) is 5.65 Å². The first kappa shape index (κ1) is 27.0. The van der Waals surface area contributed by atoms with E-state index in [9.17, 15) is 0 Å². The molecule has 1 aliphatic rings. The lowest BCUT2D eigenvalue weighted by Crippen LogP contribution is -2.28. The molecule has 4 heterocycles. The van der Waals surface area contributed by atoms with Crippen LogP contribution >= 0.6 is 0 Å². The summed E-state index contributed by atoms with van der Waals surface area (Å²) in [5, 5.41) is 12.1. The van der Waals surface area contributed by atoms with Gasteiger partial charge in [-0.2, -0.15) is 5.10 Å². The third-order valence-electron chi connectivity index (χ3n) is 7.12. The fourth-order valence-corrected chi connectivity index (χ4v) is 4.81. The molecular formula is C32H40N6. The Morgan fingerprint density at radius 3 is 2.58 bits per heavy atom. The first-order valence-corrected chi connectivity index (χ1v) is 13.4. The van der Waals surface area contributed by atoms with E-state index in [0.717, 1.165) is 58.1 Å². The van der Waals surface area contributed by atoms with Crippen LogP contribution in [0.5, 0.6) is 0 Å². The fraction of sp³-hybridized carbons (Fsp3) is 0.312. The molecule has 0 saturated carbocycles. The van der Waals surface area contributed by atoms with Gasteiger partial charge in [0.05, 0.1) is 11.4 Å². The maximum atomic E-state index is 4.66. The first-order valence-electron chi connectivity index (χ1n) is 13.4. The summed E-state index contributed by atoms with van der Waals surface area (Å²) in [5.41, 5.74) is 10.0. The lowest BCUT2D eigenvalue weighted by molar-refractivity contribution is 0.326. The molecule has 38 heavy (non-hydrogen) atoms. The minimum atomic E-state index is 0.324. The van der Waals surface area contributed by atoms with Crippen LogP contribution in [0.25, 0.3) is 33.7 Å². The molecule has 0 atom stereocenters. The minimum absolute atomic E-state index is 0.324. The van der Waals surface area contributed by atoms with E-state index in [2.05, 4.69) is 101 Å². The number of aromatic amines is 2. The SMILES string of the molecule is C=C/C=C(\c1cc(-c2[nH]nc3ncc(C(/C=C(\C=C)NC(=C)C(C)C)=C/C)cc23)[nH]c1C)N1CCCCC1. The molecule has 0 unspecified atom stereocenters. The summed E-state index contributed by atoms with van der Waals surface area (Å²) < 4.78 is 0. The fourth-order valence-electron chi connectivity index (χ4n) is 4.81. The van der Waals surface area contributed by atoms with E-state index in [4.69, 9.17) is 0 Å². The quantitative estimate of drug-likeness (QED) is 0.248. The summed E-state index contributed by atoms with van der Waals surface area (Å²) in [6.45, 7) is 22.6. The van der Waals surface area contributed by atoms with Gasteiger partial charge in [-0.05, 0) is 75.0 Å². The van der Waals surface area contributed by atoms with Crippen molar-refractivity contribution >= 4 is 22.3 Å². The second kappa shape index (κ2) is 12.0. The smallest absolute Gasteiger partial charge is 0.181 e. The van der Waals surface area contributed by atoms with Crippen molar-refractivity contribution in [2.24, 2.45) is 5.92 Å². The highest BCUT2D eigenvalue weighted by molar-refractivity contribution is 5.93. The summed E-state index contributed by atoms with van der Waals surface area (Å²) in [6.07, 6.45) is 15.6. The molecule has 3 N–H and O–H groups in total. The van der Waals surface area contributed by atoms with Crippen molar-refractivity contribution in [3.05, 3.63) is 96.7 Å². The Bertz CT molecular complexity index is 1420. The maximum Gasteiger partial charge on any atom is 0.181 e. The summed E-state index contributed by atoms with van der Waals surface area (Å²) in [7, 11) is 0. The average Bonchev–Trinajstić information content (AvgIpc) is 3.52. The highest BCUT2D eigenvalue weighted by atomic mass is 15.2. The number of aromatic nitrogens is 4. The van der Waals surface area contributed by atoms with Crippen molar-refractivity contribution in [1.29, 1.82) is 0 Å². The van der Waals surface area contributed by atoms with Gasteiger partial charge in [0.2, 0.25) is 0 Å². The standard InChI is InChI=1S/C32H40N6/c1-8-14-30(38-15-12-11-13-16-38)27-19-29(35-23(27)7)31-28-18-25(20-33-32(28)37-36-31)24(9-2)17-26(10-3)34-22(6)21(4)5/h8-10,14,17-21,34-35H,1,3,6,11-13,15-16H2,2,4-5,7H3,(H,33,36,37)/b24-9+,26-17+,30-14+. The number of aryl methyl sites for hydroxylation is 1. The Hall–Kier alpha value is -4.06. The molecule has 1 saturated heterocycles. The van der Waals surface area contributed by atoms with E-state index >= 15 is 0 Å². The lowest BCUT2D eigenvalue weighted by atomic mass is 10.0. The van der Waals surface area contributed by atoms with Crippen molar-refractivity contribution in [1.82, 2.24) is 30.4 Å². The topological polar surface area (TPSA) is 72.6 Å². The van der Waals surface area contributed by atoms with Crippen LogP contribution in [0.1, 0.15) is 56.9 Å². The summed E-state index contributed by atoms with van der Waals surface area (Å²) in [4.78, 5) is 10.7. The van der Waals surface area contributed by atoms with Gasteiger partial charge >= 0.3 is 0 Å². The van der Waals surface area contributed by atoms with E-state index in [1.165, 1.54) is 30.5 Å². The van der Waals surface area contributed by atoms with E-state index in [0.29, 0.717) is 11.6 Å². The van der Waals surface area contributed by atoms with E-state index in [1.54, 1.807) is 0 Å². The Labute approximate surface area is 226 Å². The molecule has 0 bridgehead atoms. The van der Waals surface area contributed by atoms with Crippen LogP contribution in [-0.4, -0.2) is 38.2 Å². The molecule has 0 radical (unpaired) electrons. The normalized spacial score (nSPS) is 15.3. The van der Waals surface area contributed by atoms with Gasteiger partial charge in [0.1, 0.15) is 0 Å². The molecule has 0 spiro atoms. The van der Waals surface area contributed by atoms with Crippen LogP contribution in [-0.2, 0) is 0 Å². The summed E-state index contributed by atoms with van der Waals surface area (Å²) in [6, 6.07) is 4.36. The zero-order chi connectivity index (χ0) is 27.2. The second-order valence-electron chi connectivity index (χ2n) is 10.1. The molecule has 6 nitrogen and oxygen atoms in total.